The number of rotatable bonds is 5. The Morgan fingerprint density at radius 2 is 1.94 bits per heavy atom. The van der Waals surface area contributed by atoms with Gasteiger partial charge >= 0.3 is 0 Å². The van der Waals surface area contributed by atoms with Crippen LogP contribution in [0.2, 0.25) is 0 Å². The van der Waals surface area contributed by atoms with E-state index in [1.807, 2.05) is 18.2 Å². The molecule has 2 fully saturated rings. The molecule has 1 N–H and O–H groups in total. The van der Waals surface area contributed by atoms with E-state index in [1.165, 1.54) is 27.8 Å². The number of fused-ring (bicyclic) bond motifs is 2. The van der Waals surface area contributed by atoms with Crippen LogP contribution in [0.4, 0.5) is 5.13 Å². The molecule has 9 nitrogen and oxygen atoms in total. The van der Waals surface area contributed by atoms with Gasteiger partial charge in [-0.15, -0.1) is 0 Å². The average Bonchev–Trinajstić information content (AvgIpc) is 3.59. The molecule has 3 aliphatic rings. The number of nitrogens with one attached hydrogen (secondary N) is 1. The molecule has 35 heavy (non-hydrogen) atoms. The first-order valence-corrected chi connectivity index (χ1v) is 13.1. The molecule has 2 aromatic heterocycles. The lowest BCUT2D eigenvalue weighted by Crippen LogP contribution is -2.43. The number of hydrogen-bond donors (Lipinski definition) is 1. The monoisotopic (exact) mass is 492 g/mol. The van der Waals surface area contributed by atoms with Crippen LogP contribution in [0.3, 0.4) is 0 Å². The van der Waals surface area contributed by atoms with Gasteiger partial charge in [-0.1, -0.05) is 35.6 Å². The minimum atomic E-state index is -0.246. The number of carbonyl (C=O) groups excluding carboxylic acids is 2. The quantitative estimate of drug-likeness (QED) is 0.584. The maximum atomic E-state index is 13.2. The molecule has 2 aliphatic heterocycles. The van der Waals surface area contributed by atoms with Crippen molar-refractivity contribution in [1.82, 2.24) is 24.8 Å². The van der Waals surface area contributed by atoms with Crippen molar-refractivity contribution in [2.24, 2.45) is 5.92 Å². The Kier molecular flexibility index (Phi) is 5.75. The van der Waals surface area contributed by atoms with Crippen LogP contribution in [-0.4, -0.2) is 56.9 Å². The van der Waals surface area contributed by atoms with Gasteiger partial charge < -0.3 is 15.1 Å². The molecular formula is C25H28N6O3S. The fourth-order valence-electron chi connectivity index (χ4n) is 4.95. The van der Waals surface area contributed by atoms with Gasteiger partial charge in [-0.2, -0.15) is 4.98 Å². The van der Waals surface area contributed by atoms with Crippen molar-refractivity contribution in [2.45, 2.75) is 51.2 Å². The number of hydrogen-bond acceptors (Lipinski definition) is 7. The van der Waals surface area contributed by atoms with Crippen molar-refractivity contribution < 1.29 is 9.59 Å². The summed E-state index contributed by atoms with van der Waals surface area (Å²) in [6.07, 6.45) is 6.17. The van der Waals surface area contributed by atoms with E-state index in [4.69, 9.17) is 0 Å². The van der Waals surface area contributed by atoms with Crippen molar-refractivity contribution in [3.63, 3.8) is 0 Å². The van der Waals surface area contributed by atoms with Gasteiger partial charge in [0.1, 0.15) is 17.6 Å². The topological polar surface area (TPSA) is 100 Å². The van der Waals surface area contributed by atoms with Crippen LogP contribution in [0.1, 0.15) is 36.8 Å². The zero-order chi connectivity index (χ0) is 23.9. The zero-order valence-electron chi connectivity index (χ0n) is 19.5. The SMILES string of the molecule is O=C(NC1CC1)[C@H]1CCCN(c2nc3ncn(CC(=O)N4CCc5ccccc5C4)c(=O)c3s2)C1. The molecule has 1 aliphatic carbocycles. The highest BCUT2D eigenvalue weighted by Gasteiger charge is 2.31. The maximum Gasteiger partial charge on any atom is 0.273 e. The summed E-state index contributed by atoms with van der Waals surface area (Å²) in [7, 11) is 0. The summed E-state index contributed by atoms with van der Waals surface area (Å²) >= 11 is 1.30. The molecule has 1 atom stereocenters. The molecule has 1 saturated carbocycles. The molecule has 182 valence electrons. The van der Waals surface area contributed by atoms with Crippen molar-refractivity contribution >= 4 is 38.6 Å². The lowest BCUT2D eigenvalue weighted by molar-refractivity contribution is -0.132. The maximum absolute atomic E-state index is 13.2. The lowest BCUT2D eigenvalue weighted by atomic mass is 9.97. The van der Waals surface area contributed by atoms with Gasteiger partial charge in [0.25, 0.3) is 5.56 Å². The van der Waals surface area contributed by atoms with Gasteiger partial charge in [0, 0.05) is 32.2 Å². The second-order valence-corrected chi connectivity index (χ2v) is 10.7. The fraction of sp³-hybridized carbons (Fsp3) is 0.480. The van der Waals surface area contributed by atoms with Crippen LogP contribution >= 0.6 is 11.3 Å². The molecule has 0 bridgehead atoms. The zero-order valence-corrected chi connectivity index (χ0v) is 20.3. The largest absolute Gasteiger partial charge is 0.353 e. The molecule has 4 heterocycles. The summed E-state index contributed by atoms with van der Waals surface area (Å²) in [6, 6.07) is 8.51. The number of piperidine rings is 1. The third kappa shape index (κ3) is 4.54. The van der Waals surface area contributed by atoms with Crippen LogP contribution in [0.25, 0.3) is 10.3 Å². The van der Waals surface area contributed by atoms with E-state index in [0.29, 0.717) is 41.2 Å². The third-order valence-corrected chi connectivity index (χ3v) is 8.24. The summed E-state index contributed by atoms with van der Waals surface area (Å²) in [4.78, 5) is 51.6. The van der Waals surface area contributed by atoms with Gasteiger partial charge in [0.05, 0.1) is 5.92 Å². The summed E-state index contributed by atoms with van der Waals surface area (Å²) in [5.74, 6) is -0.0287. The number of carbonyl (C=O) groups is 2. The number of amides is 2. The lowest BCUT2D eigenvalue weighted by Gasteiger charge is -2.31. The smallest absolute Gasteiger partial charge is 0.273 e. The summed E-state index contributed by atoms with van der Waals surface area (Å²) < 4.78 is 1.83. The Balaban J connectivity index is 1.17. The second kappa shape index (κ2) is 9.07. The molecule has 0 spiro atoms. The number of thiazole rings is 1. The first kappa shape index (κ1) is 22.2. The van der Waals surface area contributed by atoms with Crippen molar-refractivity contribution in [1.29, 1.82) is 0 Å². The molecule has 0 unspecified atom stereocenters. The summed E-state index contributed by atoms with van der Waals surface area (Å²) in [5, 5.41) is 3.82. The van der Waals surface area contributed by atoms with Crippen LogP contribution in [0.5, 0.6) is 0 Å². The van der Waals surface area contributed by atoms with E-state index in [9.17, 15) is 14.4 Å². The summed E-state index contributed by atoms with van der Waals surface area (Å²) in [6.45, 7) is 2.58. The minimum absolute atomic E-state index is 0.0374. The molecule has 1 aromatic carbocycles. The number of nitrogens with zero attached hydrogens (tertiary/aromatic N) is 5. The van der Waals surface area contributed by atoms with Gasteiger partial charge in [0.2, 0.25) is 11.8 Å². The molecule has 3 aromatic rings. The van der Waals surface area contributed by atoms with Crippen molar-refractivity contribution in [2.75, 3.05) is 24.5 Å². The van der Waals surface area contributed by atoms with E-state index < -0.39 is 0 Å². The highest BCUT2D eigenvalue weighted by Crippen LogP contribution is 2.30. The van der Waals surface area contributed by atoms with E-state index in [2.05, 4.69) is 26.3 Å². The third-order valence-electron chi connectivity index (χ3n) is 7.15. The van der Waals surface area contributed by atoms with E-state index in [0.717, 1.165) is 44.2 Å². The minimum Gasteiger partial charge on any atom is -0.353 e. The highest BCUT2D eigenvalue weighted by atomic mass is 32.1. The standard InChI is InChI=1S/C25H28N6O3S/c32-20(29-11-9-16-4-1-2-5-17(16)12-29)14-31-15-26-22-21(24(31)34)35-25(28-22)30-10-3-6-18(13-30)23(33)27-19-7-8-19/h1-2,4-5,15,18-19H,3,6-14H2,(H,27,33)/t18-/m0/s1. The second-order valence-electron chi connectivity index (χ2n) is 9.73. The first-order chi connectivity index (χ1) is 17.0. The number of aromatic nitrogens is 3. The normalized spacial score (nSPS) is 20.1. The van der Waals surface area contributed by atoms with E-state index >= 15 is 0 Å². The molecule has 6 rings (SSSR count). The van der Waals surface area contributed by atoms with Crippen LogP contribution in [0.15, 0.2) is 35.4 Å². The van der Waals surface area contributed by atoms with Crippen LogP contribution < -0.4 is 15.8 Å². The molecule has 0 radical (unpaired) electrons. The predicted molar refractivity (Wildman–Crippen MR) is 133 cm³/mol. The number of anilines is 1. The molecule has 2 amide bonds. The molecular weight excluding hydrogens is 464 g/mol. The average molecular weight is 493 g/mol. The van der Waals surface area contributed by atoms with Crippen LogP contribution in [-0.2, 0) is 29.1 Å². The van der Waals surface area contributed by atoms with E-state index in [-0.39, 0.29) is 29.8 Å². The predicted octanol–water partition coefficient (Wildman–Crippen LogP) is 1.93. The Labute approximate surface area is 206 Å². The molecule has 1 saturated heterocycles. The van der Waals surface area contributed by atoms with Gasteiger partial charge in [-0.3, -0.25) is 19.0 Å². The Morgan fingerprint density at radius 3 is 2.77 bits per heavy atom. The Bertz CT molecular complexity index is 1350. The van der Waals surface area contributed by atoms with Crippen molar-refractivity contribution in [3.05, 3.63) is 52.1 Å². The van der Waals surface area contributed by atoms with Crippen molar-refractivity contribution in [3.8, 4) is 0 Å². The Morgan fingerprint density at radius 1 is 1.11 bits per heavy atom. The highest BCUT2D eigenvalue weighted by molar-refractivity contribution is 7.22. The fourth-order valence-corrected chi connectivity index (χ4v) is 5.95. The van der Waals surface area contributed by atoms with Crippen LogP contribution in [0, 0.1) is 5.92 Å². The van der Waals surface area contributed by atoms with E-state index in [1.54, 1.807) is 4.90 Å². The van der Waals surface area contributed by atoms with Gasteiger partial charge in [0.15, 0.2) is 10.8 Å². The first-order valence-electron chi connectivity index (χ1n) is 12.3. The molecule has 10 heteroatoms. The number of benzene rings is 1. The van der Waals surface area contributed by atoms with Gasteiger partial charge in [-0.05, 0) is 43.2 Å². The Hall–Kier alpha value is -3.27. The summed E-state index contributed by atoms with van der Waals surface area (Å²) in [5.41, 5.74) is 2.59. The van der Waals surface area contributed by atoms with Gasteiger partial charge in [-0.25, -0.2) is 4.98 Å².